The van der Waals surface area contributed by atoms with Crippen molar-refractivity contribution in [3.8, 4) is 0 Å². The lowest BCUT2D eigenvalue weighted by molar-refractivity contribution is -0.116. The Kier molecular flexibility index (Phi) is 7.16. The van der Waals surface area contributed by atoms with E-state index >= 15 is 0 Å². The van der Waals surface area contributed by atoms with Crippen LogP contribution in [-0.4, -0.2) is 41.3 Å². The van der Waals surface area contributed by atoms with E-state index in [0.717, 1.165) is 27.1 Å². The molecule has 27 heavy (non-hydrogen) atoms. The second kappa shape index (κ2) is 9.15. The zero-order valence-corrected chi connectivity index (χ0v) is 17.9. The Morgan fingerprint density at radius 3 is 2.56 bits per heavy atom. The zero-order chi connectivity index (χ0) is 20.1. The van der Waals surface area contributed by atoms with Crippen LogP contribution in [0.1, 0.15) is 27.3 Å². The summed E-state index contributed by atoms with van der Waals surface area (Å²) in [5.41, 5.74) is 4.41. The zero-order valence-electron chi connectivity index (χ0n) is 16.3. The summed E-state index contributed by atoms with van der Waals surface area (Å²) in [6.07, 6.45) is 1.81. The molecular formula is C21H26BrN3O2. The Labute approximate surface area is 169 Å². The number of carbonyl (C=O) groups is 2. The summed E-state index contributed by atoms with van der Waals surface area (Å²) < 4.78 is 3.03. The highest BCUT2D eigenvalue weighted by molar-refractivity contribution is 9.10. The average Bonchev–Trinajstić information content (AvgIpc) is 2.86. The summed E-state index contributed by atoms with van der Waals surface area (Å²) >= 11 is 3.41. The van der Waals surface area contributed by atoms with Gasteiger partial charge in [-0.1, -0.05) is 22.0 Å². The van der Waals surface area contributed by atoms with Gasteiger partial charge < -0.3 is 9.88 Å². The van der Waals surface area contributed by atoms with Crippen molar-refractivity contribution in [1.29, 1.82) is 0 Å². The van der Waals surface area contributed by atoms with Gasteiger partial charge in [0.15, 0.2) is 5.78 Å². The van der Waals surface area contributed by atoms with Gasteiger partial charge in [0, 0.05) is 33.7 Å². The van der Waals surface area contributed by atoms with E-state index in [-0.39, 0.29) is 24.8 Å². The van der Waals surface area contributed by atoms with Gasteiger partial charge in [0.25, 0.3) is 0 Å². The van der Waals surface area contributed by atoms with Gasteiger partial charge in [-0.25, -0.2) is 0 Å². The fourth-order valence-electron chi connectivity index (χ4n) is 3.08. The number of allylic oxidation sites excluding steroid dienone is 1. The normalized spacial score (nSPS) is 10.9. The van der Waals surface area contributed by atoms with E-state index in [1.165, 1.54) is 0 Å². The average molecular weight is 432 g/mol. The van der Waals surface area contributed by atoms with Gasteiger partial charge in [-0.2, -0.15) is 0 Å². The van der Waals surface area contributed by atoms with Crippen molar-refractivity contribution < 1.29 is 9.59 Å². The molecule has 144 valence electrons. The van der Waals surface area contributed by atoms with E-state index in [1.807, 2.05) is 51.1 Å². The van der Waals surface area contributed by atoms with Crippen molar-refractivity contribution in [2.24, 2.45) is 0 Å². The molecule has 1 amide bonds. The van der Waals surface area contributed by atoms with Gasteiger partial charge in [-0.3, -0.25) is 14.5 Å². The van der Waals surface area contributed by atoms with Crippen molar-refractivity contribution >= 4 is 33.3 Å². The van der Waals surface area contributed by atoms with Crippen LogP contribution >= 0.6 is 15.9 Å². The van der Waals surface area contributed by atoms with E-state index < -0.39 is 0 Å². The number of carbonyl (C=O) groups excluding carboxylic acids is 2. The summed E-state index contributed by atoms with van der Waals surface area (Å²) in [4.78, 5) is 26.7. The smallest absolute Gasteiger partial charge is 0.238 e. The Balaban J connectivity index is 1.97. The number of benzene rings is 1. The fraction of sp³-hybridized carbons (Fsp3) is 0.333. The molecule has 0 saturated heterocycles. The second-order valence-corrected chi connectivity index (χ2v) is 7.70. The quantitative estimate of drug-likeness (QED) is 0.505. The van der Waals surface area contributed by atoms with E-state index in [2.05, 4.69) is 32.4 Å². The summed E-state index contributed by atoms with van der Waals surface area (Å²) in [5.74, 6) is -0.138. The molecule has 1 N–H and O–H groups in total. The maximum Gasteiger partial charge on any atom is 0.238 e. The summed E-state index contributed by atoms with van der Waals surface area (Å²) in [6.45, 7) is 10.6. The minimum atomic E-state index is -0.146. The molecule has 6 heteroatoms. The van der Waals surface area contributed by atoms with Crippen LogP contribution < -0.4 is 5.32 Å². The van der Waals surface area contributed by atoms with E-state index in [0.29, 0.717) is 12.1 Å². The van der Waals surface area contributed by atoms with Gasteiger partial charge in [0.05, 0.1) is 13.1 Å². The molecule has 2 rings (SSSR count). The van der Waals surface area contributed by atoms with Crippen molar-refractivity contribution in [2.45, 2.75) is 27.3 Å². The van der Waals surface area contributed by atoms with Gasteiger partial charge in [-0.05, 0) is 57.6 Å². The highest BCUT2D eigenvalue weighted by Gasteiger charge is 2.18. The maximum absolute atomic E-state index is 12.7. The summed E-state index contributed by atoms with van der Waals surface area (Å²) in [6, 6.07) is 7.59. The third-order valence-corrected chi connectivity index (χ3v) is 4.97. The molecule has 1 heterocycles. The number of ketones is 1. The van der Waals surface area contributed by atoms with Crippen LogP contribution in [0.5, 0.6) is 0 Å². The lowest BCUT2D eigenvalue weighted by Gasteiger charge is -2.16. The first-order chi connectivity index (χ1) is 12.7. The van der Waals surface area contributed by atoms with E-state index in [1.54, 1.807) is 11.9 Å². The van der Waals surface area contributed by atoms with Crippen LogP contribution in [0.3, 0.4) is 0 Å². The molecule has 1 aromatic carbocycles. The highest BCUT2D eigenvalue weighted by atomic mass is 79.9. The Morgan fingerprint density at radius 2 is 1.93 bits per heavy atom. The molecule has 0 atom stereocenters. The molecule has 0 aliphatic heterocycles. The minimum Gasteiger partial charge on any atom is -0.345 e. The molecule has 0 aliphatic rings. The molecule has 0 radical (unpaired) electrons. The van der Waals surface area contributed by atoms with E-state index in [9.17, 15) is 9.59 Å². The number of hydrogen-bond donors (Lipinski definition) is 1. The van der Waals surface area contributed by atoms with Crippen LogP contribution in [0.15, 0.2) is 41.4 Å². The van der Waals surface area contributed by atoms with Crippen LogP contribution in [0, 0.1) is 20.8 Å². The first-order valence-electron chi connectivity index (χ1n) is 8.78. The van der Waals surface area contributed by atoms with E-state index in [4.69, 9.17) is 0 Å². The number of Topliss-reactive ketones (excluding diaryl/α,β-unsaturated/α-hetero) is 1. The Bertz CT molecular complexity index is 871. The number of amides is 1. The predicted octanol–water partition coefficient (Wildman–Crippen LogP) is 4.12. The number of likely N-dealkylation sites (N-methyl/N-ethyl adjacent to an activating group) is 1. The third-order valence-electron chi connectivity index (χ3n) is 4.48. The van der Waals surface area contributed by atoms with Crippen molar-refractivity contribution in [2.75, 3.05) is 25.5 Å². The van der Waals surface area contributed by atoms with Crippen LogP contribution in [-0.2, 0) is 11.3 Å². The van der Waals surface area contributed by atoms with Gasteiger partial charge >= 0.3 is 0 Å². The Morgan fingerprint density at radius 1 is 1.22 bits per heavy atom. The Hall–Kier alpha value is -2.18. The number of nitrogens with zero attached hydrogens (tertiary/aromatic N) is 2. The number of anilines is 1. The molecule has 0 saturated carbocycles. The lowest BCUT2D eigenvalue weighted by atomic mass is 10.1. The number of hydrogen-bond acceptors (Lipinski definition) is 3. The molecular weight excluding hydrogens is 406 g/mol. The number of halogens is 1. The van der Waals surface area contributed by atoms with Crippen LogP contribution in [0.25, 0.3) is 0 Å². The molecule has 0 fully saturated rings. The van der Waals surface area contributed by atoms with Gasteiger partial charge in [0.2, 0.25) is 5.91 Å². The summed E-state index contributed by atoms with van der Waals surface area (Å²) in [7, 11) is 1.77. The van der Waals surface area contributed by atoms with Crippen LogP contribution in [0.2, 0.25) is 0 Å². The lowest BCUT2D eigenvalue weighted by Crippen LogP contribution is -2.34. The second-order valence-electron chi connectivity index (χ2n) is 6.79. The third kappa shape index (κ3) is 5.40. The van der Waals surface area contributed by atoms with Gasteiger partial charge in [0.1, 0.15) is 0 Å². The largest absolute Gasteiger partial charge is 0.345 e. The van der Waals surface area contributed by atoms with Gasteiger partial charge in [-0.15, -0.1) is 6.58 Å². The molecule has 5 nitrogen and oxygen atoms in total. The topological polar surface area (TPSA) is 54.3 Å². The summed E-state index contributed by atoms with van der Waals surface area (Å²) in [5, 5.41) is 2.89. The molecule has 0 bridgehead atoms. The first kappa shape index (κ1) is 21.1. The molecule has 0 spiro atoms. The minimum absolute atomic E-state index is 0.00790. The predicted molar refractivity (Wildman–Crippen MR) is 113 cm³/mol. The molecule has 1 aromatic heterocycles. The number of aryl methyl sites for hydroxylation is 2. The fourth-order valence-corrected chi connectivity index (χ4v) is 3.56. The monoisotopic (exact) mass is 431 g/mol. The molecule has 2 aromatic rings. The molecule has 0 aliphatic carbocycles. The number of nitrogens with one attached hydrogen (secondary N) is 1. The number of aromatic nitrogens is 1. The molecule has 0 unspecified atom stereocenters. The van der Waals surface area contributed by atoms with Crippen molar-refractivity contribution in [3.05, 3.63) is 63.9 Å². The number of rotatable bonds is 8. The first-order valence-corrected chi connectivity index (χ1v) is 9.57. The SMILES string of the molecule is C=CCn1c(C)cc(C(=O)CN(C)CC(=O)Nc2ccc(Br)cc2C)c1C. The highest BCUT2D eigenvalue weighted by Crippen LogP contribution is 2.20. The standard InChI is InChI=1S/C21H26BrN3O2/c1-6-9-25-15(3)11-18(16(25)4)20(26)12-24(5)13-21(27)23-19-8-7-17(22)10-14(19)2/h6-8,10-11H,1,9,12-13H2,2-5H3,(H,23,27). The van der Waals surface area contributed by atoms with Crippen molar-refractivity contribution in [1.82, 2.24) is 9.47 Å². The van der Waals surface area contributed by atoms with Crippen LogP contribution in [0.4, 0.5) is 5.69 Å². The van der Waals surface area contributed by atoms with Crippen molar-refractivity contribution in [3.63, 3.8) is 0 Å². The maximum atomic E-state index is 12.7.